The summed E-state index contributed by atoms with van der Waals surface area (Å²) in [6.07, 6.45) is 2.33. The van der Waals surface area contributed by atoms with Crippen LogP contribution in [0, 0.1) is 5.53 Å². The van der Waals surface area contributed by atoms with Gasteiger partial charge in [0.25, 0.3) is 5.91 Å². The van der Waals surface area contributed by atoms with Crippen molar-refractivity contribution in [3.8, 4) is 0 Å². The van der Waals surface area contributed by atoms with Gasteiger partial charge in [-0.05, 0) is 18.6 Å². The molecular weight excluding hydrogens is 154 g/mol. The second-order valence-electron chi connectivity index (χ2n) is 2.31. The minimum atomic E-state index is -0.521. The number of nitrogens with zero attached hydrogens (tertiary/aromatic N) is 2. The lowest BCUT2D eigenvalue weighted by Gasteiger charge is -1.96. The van der Waals surface area contributed by atoms with E-state index in [9.17, 15) is 4.79 Å². The Labute approximate surface area is 70.1 Å². The van der Waals surface area contributed by atoms with Crippen molar-refractivity contribution in [2.24, 2.45) is 5.11 Å². The highest BCUT2D eigenvalue weighted by atomic mass is 16.1. The second kappa shape index (κ2) is 3.71. The Morgan fingerprint density at radius 2 is 2.50 bits per heavy atom. The van der Waals surface area contributed by atoms with E-state index in [1.807, 2.05) is 6.92 Å². The number of rotatable bonds is 2. The molecule has 0 fully saturated rings. The number of carbonyl (C=O) groups excluding carboxylic acids is 1. The van der Waals surface area contributed by atoms with Crippen LogP contribution in [0.15, 0.2) is 23.4 Å². The summed E-state index contributed by atoms with van der Waals surface area (Å²) in [7, 11) is 0. The zero-order valence-electron chi connectivity index (χ0n) is 6.74. The molecular formula is C8H9N3O. The minimum Gasteiger partial charge on any atom is -0.265 e. The van der Waals surface area contributed by atoms with Crippen molar-refractivity contribution in [1.29, 1.82) is 5.53 Å². The van der Waals surface area contributed by atoms with Crippen LogP contribution in [0.3, 0.4) is 0 Å². The first kappa shape index (κ1) is 8.52. The lowest BCUT2D eigenvalue weighted by atomic mass is 10.2. The van der Waals surface area contributed by atoms with Gasteiger partial charge in [-0.15, -0.1) is 5.11 Å². The van der Waals surface area contributed by atoms with E-state index < -0.39 is 5.91 Å². The molecule has 1 heterocycles. The Balaban J connectivity index is 3.01. The molecule has 0 atom stereocenters. The van der Waals surface area contributed by atoms with E-state index in [-0.39, 0.29) is 0 Å². The molecule has 0 saturated carbocycles. The maximum atomic E-state index is 10.9. The predicted molar refractivity (Wildman–Crippen MR) is 43.1 cm³/mol. The molecule has 0 spiro atoms. The fourth-order valence-electron chi connectivity index (χ4n) is 0.869. The van der Waals surface area contributed by atoms with Gasteiger partial charge in [-0.25, -0.2) is 5.53 Å². The van der Waals surface area contributed by atoms with Crippen molar-refractivity contribution in [2.45, 2.75) is 13.3 Å². The zero-order valence-corrected chi connectivity index (χ0v) is 6.74. The summed E-state index contributed by atoms with van der Waals surface area (Å²) in [4.78, 5) is 14.9. The lowest BCUT2D eigenvalue weighted by Crippen LogP contribution is -1.96. The Hall–Kier alpha value is -1.58. The van der Waals surface area contributed by atoms with Crippen molar-refractivity contribution < 1.29 is 4.79 Å². The van der Waals surface area contributed by atoms with E-state index in [0.717, 1.165) is 12.1 Å². The van der Waals surface area contributed by atoms with Gasteiger partial charge in [0.1, 0.15) is 0 Å². The Kier molecular flexibility index (Phi) is 2.63. The maximum absolute atomic E-state index is 10.9. The standard InChI is InChI=1S/C8H9N3O/c1-2-7-5-6(3-4-10-7)8(12)11-9/h3-5,9H,2H2,1H3. The predicted octanol–water partition coefficient (Wildman–Crippen LogP) is 1.82. The van der Waals surface area contributed by atoms with Gasteiger partial charge in [-0.2, -0.15) is 0 Å². The maximum Gasteiger partial charge on any atom is 0.294 e. The van der Waals surface area contributed by atoms with Crippen LogP contribution < -0.4 is 0 Å². The highest BCUT2D eigenvalue weighted by molar-refractivity contribution is 5.94. The molecule has 0 unspecified atom stereocenters. The van der Waals surface area contributed by atoms with Crippen LogP contribution in [0.5, 0.6) is 0 Å². The smallest absolute Gasteiger partial charge is 0.265 e. The van der Waals surface area contributed by atoms with Gasteiger partial charge in [-0.1, -0.05) is 6.92 Å². The number of carbonyl (C=O) groups is 1. The van der Waals surface area contributed by atoms with E-state index in [1.165, 1.54) is 0 Å². The summed E-state index contributed by atoms with van der Waals surface area (Å²) >= 11 is 0. The van der Waals surface area contributed by atoms with E-state index in [4.69, 9.17) is 5.53 Å². The highest BCUT2D eigenvalue weighted by Crippen LogP contribution is 2.03. The Morgan fingerprint density at radius 3 is 3.08 bits per heavy atom. The third-order valence-corrected chi connectivity index (χ3v) is 1.53. The number of aromatic nitrogens is 1. The molecule has 1 aromatic heterocycles. The Bertz CT molecular complexity index is 309. The first-order chi connectivity index (χ1) is 5.77. The first-order valence-electron chi connectivity index (χ1n) is 3.64. The average molecular weight is 163 g/mol. The van der Waals surface area contributed by atoms with Crippen LogP contribution in [0.25, 0.3) is 0 Å². The first-order valence-corrected chi connectivity index (χ1v) is 3.64. The lowest BCUT2D eigenvalue weighted by molar-refractivity contribution is 0.0990. The molecule has 0 radical (unpaired) electrons. The molecule has 0 aliphatic heterocycles. The van der Waals surface area contributed by atoms with Crippen LogP contribution in [-0.4, -0.2) is 10.9 Å². The molecule has 0 saturated heterocycles. The summed E-state index contributed by atoms with van der Waals surface area (Å²) in [6.45, 7) is 1.95. The van der Waals surface area contributed by atoms with Crippen molar-refractivity contribution in [2.75, 3.05) is 0 Å². The van der Waals surface area contributed by atoms with Crippen LogP contribution >= 0.6 is 0 Å². The van der Waals surface area contributed by atoms with Gasteiger partial charge in [0.05, 0.1) is 0 Å². The van der Waals surface area contributed by atoms with Crippen LogP contribution in [0.2, 0.25) is 0 Å². The molecule has 0 aromatic carbocycles. The summed E-state index contributed by atoms with van der Waals surface area (Å²) in [5, 5.41) is 2.82. The van der Waals surface area contributed by atoms with Crippen LogP contribution in [0.4, 0.5) is 0 Å². The quantitative estimate of drug-likeness (QED) is 0.675. The normalized spacial score (nSPS) is 9.42. The molecule has 1 rings (SSSR count). The van der Waals surface area contributed by atoms with Crippen molar-refractivity contribution >= 4 is 5.91 Å². The van der Waals surface area contributed by atoms with Crippen molar-refractivity contribution in [3.05, 3.63) is 29.6 Å². The van der Waals surface area contributed by atoms with Gasteiger partial charge in [0.2, 0.25) is 0 Å². The SMILES string of the molecule is CCc1cc(C(=O)N=N)ccn1. The minimum absolute atomic E-state index is 0.428. The topological polar surface area (TPSA) is 66.2 Å². The fraction of sp³-hybridized carbons (Fsp3) is 0.250. The van der Waals surface area contributed by atoms with E-state index >= 15 is 0 Å². The number of hydrogen-bond donors (Lipinski definition) is 1. The largest absolute Gasteiger partial charge is 0.294 e. The molecule has 4 heteroatoms. The molecule has 0 aliphatic rings. The molecule has 4 nitrogen and oxygen atoms in total. The van der Waals surface area contributed by atoms with Gasteiger partial charge in [-0.3, -0.25) is 9.78 Å². The third-order valence-electron chi connectivity index (χ3n) is 1.53. The van der Waals surface area contributed by atoms with E-state index in [0.29, 0.717) is 5.56 Å². The molecule has 1 N–H and O–H groups in total. The zero-order chi connectivity index (χ0) is 8.97. The molecule has 12 heavy (non-hydrogen) atoms. The third kappa shape index (κ3) is 1.72. The Morgan fingerprint density at radius 1 is 1.75 bits per heavy atom. The average Bonchev–Trinajstić information content (AvgIpc) is 2.17. The number of hydrogen-bond acceptors (Lipinski definition) is 3. The van der Waals surface area contributed by atoms with Gasteiger partial charge < -0.3 is 0 Å². The number of aryl methyl sites for hydroxylation is 1. The second-order valence-corrected chi connectivity index (χ2v) is 2.31. The molecule has 62 valence electrons. The van der Waals surface area contributed by atoms with Crippen molar-refractivity contribution in [1.82, 2.24) is 4.98 Å². The molecule has 1 aromatic rings. The van der Waals surface area contributed by atoms with Gasteiger partial charge in [0.15, 0.2) is 0 Å². The number of nitrogens with one attached hydrogen (secondary N) is 1. The molecule has 0 aliphatic carbocycles. The van der Waals surface area contributed by atoms with Crippen molar-refractivity contribution in [3.63, 3.8) is 0 Å². The fourth-order valence-corrected chi connectivity index (χ4v) is 0.869. The summed E-state index contributed by atoms with van der Waals surface area (Å²) in [5.74, 6) is -0.521. The highest BCUT2D eigenvalue weighted by Gasteiger charge is 2.03. The van der Waals surface area contributed by atoms with E-state index in [1.54, 1.807) is 18.3 Å². The summed E-state index contributed by atoms with van der Waals surface area (Å²) < 4.78 is 0. The monoisotopic (exact) mass is 163 g/mol. The molecule has 0 bridgehead atoms. The summed E-state index contributed by atoms with van der Waals surface area (Å²) in [6, 6.07) is 3.21. The van der Waals surface area contributed by atoms with Gasteiger partial charge in [0, 0.05) is 17.5 Å². The van der Waals surface area contributed by atoms with Crippen LogP contribution in [0.1, 0.15) is 23.0 Å². The number of amides is 1. The number of pyridine rings is 1. The molecule has 1 amide bonds. The van der Waals surface area contributed by atoms with Gasteiger partial charge >= 0.3 is 0 Å². The van der Waals surface area contributed by atoms with Crippen LogP contribution in [-0.2, 0) is 6.42 Å². The summed E-state index contributed by atoms with van der Waals surface area (Å²) in [5.41, 5.74) is 7.79. The van der Waals surface area contributed by atoms with E-state index in [2.05, 4.69) is 10.1 Å².